The summed E-state index contributed by atoms with van der Waals surface area (Å²) in [5, 5.41) is 2.47. The summed E-state index contributed by atoms with van der Waals surface area (Å²) >= 11 is 0. The summed E-state index contributed by atoms with van der Waals surface area (Å²) in [5.74, 6) is 0.928. The van der Waals surface area contributed by atoms with E-state index in [9.17, 15) is 0 Å². The van der Waals surface area contributed by atoms with Crippen molar-refractivity contribution < 1.29 is 14.3 Å². The Morgan fingerprint density at radius 3 is 1.02 bits per heavy atom. The van der Waals surface area contributed by atoms with Crippen LogP contribution in [0.4, 0.5) is 0 Å². The summed E-state index contributed by atoms with van der Waals surface area (Å²) in [6, 6.07) is 14.7. The standard InChI is InChI=1S/C52H90O3/c53-45-39-35-33-31-29-27-25-23-21-19-17-15-13-11-9-7-5-3-1-2-4-6-8-10-12-14-16-18-20-22-24-26-28-30-32-34-36-40-46-54-47-48-55-52-44-43-50-41-37-38-42-51(50)49-52/h37-38,41-45,49H,1-36,39-40,46-48H2/p+1. The number of benzene rings is 2. The molecular weight excluding hydrogens is 673 g/mol. The maximum atomic E-state index is 8.69. The van der Waals surface area contributed by atoms with Crippen LogP contribution < -0.4 is 4.74 Å². The van der Waals surface area contributed by atoms with E-state index < -0.39 is 0 Å². The number of ether oxygens (including phenoxy) is 2. The van der Waals surface area contributed by atoms with Crippen LogP contribution in [0, 0.1) is 0 Å². The third kappa shape index (κ3) is 32.9. The van der Waals surface area contributed by atoms with Gasteiger partial charge in [0.1, 0.15) is 12.4 Å². The van der Waals surface area contributed by atoms with Crippen LogP contribution in [0.3, 0.4) is 0 Å². The van der Waals surface area contributed by atoms with E-state index in [2.05, 4.69) is 36.4 Å². The number of carbonyl (C=O) groups excluding carboxylic acids is 1. The molecule has 0 spiro atoms. The fourth-order valence-electron chi connectivity index (χ4n) is 8.20. The molecular formula is C52H91O3+. The average Bonchev–Trinajstić information content (AvgIpc) is 3.21. The van der Waals surface area contributed by atoms with Crippen LogP contribution in [0.2, 0.25) is 0 Å². The van der Waals surface area contributed by atoms with Crippen molar-refractivity contribution in [1.29, 1.82) is 0 Å². The summed E-state index contributed by atoms with van der Waals surface area (Å²) in [6.07, 6.45) is 54.9. The maximum Gasteiger partial charge on any atom is 0.281 e. The van der Waals surface area contributed by atoms with Gasteiger partial charge >= 0.3 is 0 Å². The maximum absolute atomic E-state index is 8.69. The number of rotatable bonds is 44. The van der Waals surface area contributed by atoms with Gasteiger partial charge < -0.3 is 9.47 Å². The van der Waals surface area contributed by atoms with Crippen molar-refractivity contribution in [1.82, 2.24) is 0 Å². The summed E-state index contributed by atoms with van der Waals surface area (Å²) in [6.45, 7) is 2.15. The van der Waals surface area contributed by atoms with Crippen molar-refractivity contribution in [3.05, 3.63) is 42.5 Å². The molecule has 0 unspecified atom stereocenters. The molecule has 0 bridgehead atoms. The Bertz CT molecular complexity index is 1070. The minimum atomic E-state index is 0.621. The molecule has 0 aliphatic heterocycles. The topological polar surface area (TPSA) is 39.9 Å². The van der Waals surface area contributed by atoms with Crippen LogP contribution in [0.15, 0.2) is 42.5 Å². The predicted molar refractivity (Wildman–Crippen MR) is 244 cm³/mol. The van der Waals surface area contributed by atoms with Gasteiger partial charge in [-0.05, 0) is 35.7 Å². The molecule has 55 heavy (non-hydrogen) atoms. The fraction of sp³-hybridized carbons (Fsp3) is 0.788. The van der Waals surface area contributed by atoms with E-state index in [-0.39, 0.29) is 0 Å². The second kappa shape index (κ2) is 40.3. The summed E-state index contributed by atoms with van der Waals surface area (Å²) in [7, 11) is 0. The van der Waals surface area contributed by atoms with Gasteiger partial charge in [0.25, 0.3) is 6.29 Å². The van der Waals surface area contributed by atoms with Gasteiger partial charge in [-0.1, -0.05) is 255 Å². The van der Waals surface area contributed by atoms with E-state index in [1.54, 1.807) is 0 Å². The average molecular weight is 764 g/mol. The molecule has 0 heterocycles. The molecule has 0 aliphatic carbocycles. The third-order valence-electron chi connectivity index (χ3n) is 11.8. The second-order valence-corrected chi connectivity index (χ2v) is 17.0. The third-order valence-corrected chi connectivity index (χ3v) is 11.8. The van der Waals surface area contributed by atoms with Crippen LogP contribution in [0.5, 0.6) is 5.75 Å². The van der Waals surface area contributed by atoms with E-state index >= 15 is 0 Å². The number of fused-ring (bicyclic) bond motifs is 1. The van der Waals surface area contributed by atoms with Crippen molar-refractivity contribution in [3.63, 3.8) is 0 Å². The van der Waals surface area contributed by atoms with Gasteiger partial charge in [-0.25, -0.2) is 0 Å². The molecule has 0 radical (unpaired) electrons. The van der Waals surface area contributed by atoms with Crippen molar-refractivity contribution >= 4 is 17.1 Å². The molecule has 0 saturated carbocycles. The largest absolute Gasteiger partial charge is 0.491 e. The van der Waals surface area contributed by atoms with Crippen LogP contribution >= 0.6 is 0 Å². The molecule has 316 valence electrons. The van der Waals surface area contributed by atoms with Gasteiger partial charge in [-0.2, -0.15) is 0 Å². The van der Waals surface area contributed by atoms with Gasteiger partial charge in [0.2, 0.25) is 0 Å². The molecule has 0 aromatic heterocycles. The van der Waals surface area contributed by atoms with Gasteiger partial charge in [0.15, 0.2) is 0 Å². The normalized spacial score (nSPS) is 11.5. The molecule has 0 aliphatic rings. The molecule has 2 aromatic carbocycles. The number of hydrogen-bond acceptors (Lipinski definition) is 2. The summed E-state index contributed by atoms with van der Waals surface area (Å²) in [5.41, 5.74) is 0. The quantitative estimate of drug-likeness (QED) is 0.0383. The highest BCUT2D eigenvalue weighted by atomic mass is 16.5. The highest BCUT2D eigenvalue weighted by Crippen LogP contribution is 2.21. The van der Waals surface area contributed by atoms with Gasteiger partial charge in [0.05, 0.1) is 13.0 Å². The van der Waals surface area contributed by atoms with E-state index in [4.69, 9.17) is 14.3 Å². The Morgan fingerprint density at radius 2 is 0.655 bits per heavy atom. The first-order valence-corrected chi connectivity index (χ1v) is 24.6. The first kappa shape index (κ1) is 49.3. The van der Waals surface area contributed by atoms with Crippen molar-refractivity contribution in [2.24, 2.45) is 0 Å². The number of aldehydes is 1. The highest BCUT2D eigenvalue weighted by molar-refractivity contribution is 5.83. The summed E-state index contributed by atoms with van der Waals surface area (Å²) < 4.78 is 11.7. The predicted octanol–water partition coefficient (Wildman–Crippen LogP) is 17.2. The monoisotopic (exact) mass is 764 g/mol. The lowest BCUT2D eigenvalue weighted by Gasteiger charge is -2.08. The Labute approximate surface area is 342 Å². The first-order chi connectivity index (χ1) is 27.4. The smallest absolute Gasteiger partial charge is 0.281 e. The molecule has 0 fully saturated rings. The zero-order valence-corrected chi connectivity index (χ0v) is 36.4. The fourth-order valence-corrected chi connectivity index (χ4v) is 8.20. The molecule has 1 N–H and O–H groups in total. The van der Waals surface area contributed by atoms with Gasteiger partial charge in [-0.3, -0.25) is 4.79 Å². The van der Waals surface area contributed by atoms with Gasteiger partial charge in [-0.15, -0.1) is 0 Å². The zero-order valence-electron chi connectivity index (χ0n) is 36.4. The number of hydrogen-bond donors (Lipinski definition) is 0. The molecule has 0 saturated heterocycles. The van der Waals surface area contributed by atoms with E-state index in [0.717, 1.165) is 25.2 Å². The Balaban J connectivity index is 1.13. The molecule has 3 heteroatoms. The van der Waals surface area contributed by atoms with Crippen LogP contribution in [0.1, 0.15) is 244 Å². The zero-order chi connectivity index (χ0) is 38.8. The minimum Gasteiger partial charge on any atom is -0.491 e. The van der Waals surface area contributed by atoms with Crippen molar-refractivity contribution in [3.8, 4) is 5.75 Å². The van der Waals surface area contributed by atoms with Crippen molar-refractivity contribution in [2.75, 3.05) is 19.8 Å². The Hall–Kier alpha value is -1.87. The lowest BCUT2D eigenvalue weighted by molar-refractivity contribution is 0.0971. The lowest BCUT2D eigenvalue weighted by Crippen LogP contribution is -2.07. The molecule has 2 rings (SSSR count). The van der Waals surface area contributed by atoms with Crippen LogP contribution in [-0.4, -0.2) is 30.9 Å². The summed E-state index contributed by atoms with van der Waals surface area (Å²) in [4.78, 5) is 8.69. The SMILES string of the molecule is [OH+]=CCCCCCCCCCCCCCCCCCCCCCCCCCCCCCCCCCCCCCCCOCCOc1ccc2ccccc2c1. The minimum absolute atomic E-state index is 0.621. The van der Waals surface area contributed by atoms with E-state index in [1.165, 1.54) is 248 Å². The van der Waals surface area contributed by atoms with Crippen LogP contribution in [0.25, 0.3) is 10.8 Å². The first-order valence-electron chi connectivity index (χ1n) is 24.6. The Morgan fingerprint density at radius 1 is 0.327 bits per heavy atom. The number of unbranched alkanes of at least 4 members (excludes halogenated alkanes) is 37. The Kier molecular flexibility index (Phi) is 36.1. The lowest BCUT2D eigenvalue weighted by atomic mass is 10.0. The molecule has 2 aromatic rings. The van der Waals surface area contributed by atoms with E-state index in [0.29, 0.717) is 13.2 Å². The second-order valence-electron chi connectivity index (χ2n) is 17.0. The highest BCUT2D eigenvalue weighted by Gasteiger charge is 2.00. The molecule has 0 amide bonds. The van der Waals surface area contributed by atoms with Gasteiger partial charge in [0, 0.05) is 6.61 Å². The van der Waals surface area contributed by atoms with Crippen LogP contribution in [-0.2, 0) is 4.74 Å². The molecule has 0 atom stereocenters. The van der Waals surface area contributed by atoms with Crippen molar-refractivity contribution in [2.45, 2.75) is 244 Å². The van der Waals surface area contributed by atoms with E-state index in [1.807, 2.05) is 6.07 Å². The molecule has 3 nitrogen and oxygen atoms in total.